The summed E-state index contributed by atoms with van der Waals surface area (Å²) in [7, 11) is 1.40. The molecule has 2 N–H and O–H groups in total. The fourth-order valence-electron chi connectivity index (χ4n) is 6.25. The van der Waals surface area contributed by atoms with Crippen LogP contribution in [-0.4, -0.2) is 52.3 Å². The topological polar surface area (TPSA) is 123 Å². The number of hydrogen-bond acceptors (Lipinski definition) is 7. The third kappa shape index (κ3) is 5.74. The van der Waals surface area contributed by atoms with Gasteiger partial charge in [-0.3, -0.25) is 9.36 Å². The predicted octanol–water partition coefficient (Wildman–Crippen LogP) is 6.41. The molecule has 0 aliphatic carbocycles. The van der Waals surface area contributed by atoms with E-state index < -0.39 is 5.60 Å². The van der Waals surface area contributed by atoms with Crippen molar-refractivity contribution in [2.24, 2.45) is 5.92 Å². The van der Waals surface area contributed by atoms with E-state index in [2.05, 4.69) is 16.7 Å². The van der Waals surface area contributed by atoms with Crippen LogP contribution in [0.1, 0.15) is 69.0 Å². The van der Waals surface area contributed by atoms with Gasteiger partial charge in [0, 0.05) is 23.9 Å². The van der Waals surface area contributed by atoms with Crippen molar-refractivity contribution in [3.8, 4) is 11.8 Å². The van der Waals surface area contributed by atoms with Crippen molar-refractivity contribution in [3.05, 3.63) is 65.0 Å². The second kappa shape index (κ2) is 11.6. The van der Waals surface area contributed by atoms with Crippen LogP contribution in [0.3, 0.4) is 0 Å². The lowest BCUT2D eigenvalue weighted by Crippen LogP contribution is -2.41. The van der Waals surface area contributed by atoms with Crippen molar-refractivity contribution >= 4 is 39.6 Å². The molecule has 1 aliphatic heterocycles. The van der Waals surface area contributed by atoms with E-state index in [-0.39, 0.29) is 23.9 Å². The lowest BCUT2D eigenvalue weighted by atomic mass is 9.82. The van der Waals surface area contributed by atoms with Gasteiger partial charge in [0.1, 0.15) is 16.9 Å². The maximum Gasteiger partial charge on any atom is 0.410 e. The number of aryl methyl sites for hydroxylation is 1. The molecule has 4 aromatic rings. The van der Waals surface area contributed by atoms with Crippen molar-refractivity contribution in [3.63, 3.8) is 0 Å². The molecule has 9 nitrogen and oxygen atoms in total. The summed E-state index contributed by atoms with van der Waals surface area (Å²) in [5, 5.41) is 11.5. The minimum atomic E-state index is -0.558. The number of ether oxygens (including phenoxy) is 2. The van der Waals surface area contributed by atoms with Gasteiger partial charge < -0.3 is 20.1 Å². The van der Waals surface area contributed by atoms with Crippen LogP contribution in [0.2, 0.25) is 0 Å². The Labute approximate surface area is 252 Å². The summed E-state index contributed by atoms with van der Waals surface area (Å²) in [4.78, 5) is 32.0. The molecule has 0 saturated carbocycles. The van der Waals surface area contributed by atoms with Crippen molar-refractivity contribution in [1.82, 2.24) is 14.5 Å². The van der Waals surface area contributed by atoms with Crippen molar-refractivity contribution < 1.29 is 19.1 Å². The van der Waals surface area contributed by atoms with E-state index >= 15 is 0 Å². The Kier molecular flexibility index (Phi) is 8.06. The number of piperidine rings is 1. The van der Waals surface area contributed by atoms with Crippen LogP contribution in [-0.2, 0) is 20.7 Å². The number of likely N-dealkylation sites (tertiary alicyclic amines) is 1. The molecular formula is C34H39N5O4. The monoisotopic (exact) mass is 581 g/mol. The van der Waals surface area contributed by atoms with Gasteiger partial charge in [0.2, 0.25) is 0 Å². The maximum absolute atomic E-state index is 12.7. The number of imidazole rings is 1. The molecular weight excluding hydrogens is 542 g/mol. The van der Waals surface area contributed by atoms with Crippen LogP contribution < -0.4 is 5.73 Å². The quantitative estimate of drug-likeness (QED) is 0.213. The van der Waals surface area contributed by atoms with E-state index in [4.69, 9.17) is 20.2 Å². The number of hydrogen-bond donors (Lipinski definition) is 1. The molecule has 1 fully saturated rings. The highest BCUT2D eigenvalue weighted by molar-refractivity contribution is 5.98. The second-order valence-corrected chi connectivity index (χ2v) is 12.4. The lowest BCUT2D eigenvalue weighted by Gasteiger charge is -2.35. The minimum Gasteiger partial charge on any atom is -0.469 e. The summed E-state index contributed by atoms with van der Waals surface area (Å²) < 4.78 is 12.7. The number of nitrogen functional groups attached to an aromatic ring is 1. The minimum absolute atomic E-state index is 0.0872. The molecule has 1 amide bonds. The summed E-state index contributed by atoms with van der Waals surface area (Å²) in [5.41, 5.74) is 12.0. The van der Waals surface area contributed by atoms with Crippen LogP contribution in [0, 0.1) is 24.2 Å². The molecule has 1 aliphatic rings. The van der Waals surface area contributed by atoms with Crippen LogP contribution in [0.25, 0.3) is 27.5 Å². The molecule has 2 heterocycles. The van der Waals surface area contributed by atoms with Gasteiger partial charge in [-0.05, 0) is 82.2 Å². The highest BCUT2D eigenvalue weighted by Crippen LogP contribution is 2.41. The zero-order chi connectivity index (χ0) is 31.1. The summed E-state index contributed by atoms with van der Waals surface area (Å²) in [5.74, 6) is 0.187. The highest BCUT2D eigenvalue weighted by Gasteiger charge is 2.31. The molecule has 1 saturated heterocycles. The molecule has 1 unspecified atom stereocenters. The Morgan fingerprint density at radius 3 is 2.44 bits per heavy atom. The molecule has 43 heavy (non-hydrogen) atoms. The van der Waals surface area contributed by atoms with Gasteiger partial charge in [-0.25, -0.2) is 9.78 Å². The second-order valence-electron chi connectivity index (χ2n) is 12.4. The van der Waals surface area contributed by atoms with Gasteiger partial charge in [0.15, 0.2) is 0 Å². The van der Waals surface area contributed by atoms with Gasteiger partial charge in [-0.2, -0.15) is 5.26 Å². The number of anilines is 1. The van der Waals surface area contributed by atoms with Gasteiger partial charge in [0.25, 0.3) is 0 Å². The molecule has 0 spiro atoms. The Hall–Kier alpha value is -4.58. The van der Waals surface area contributed by atoms with E-state index in [9.17, 15) is 14.9 Å². The number of rotatable bonds is 5. The summed E-state index contributed by atoms with van der Waals surface area (Å²) in [6, 6.07) is 16.0. The first kappa shape index (κ1) is 29.9. The number of nitriles is 1. The molecule has 5 rings (SSSR count). The van der Waals surface area contributed by atoms with Crippen LogP contribution >= 0.6 is 0 Å². The van der Waals surface area contributed by atoms with E-state index in [0.29, 0.717) is 49.1 Å². The molecule has 1 atom stereocenters. The van der Waals surface area contributed by atoms with Crippen LogP contribution in [0.5, 0.6) is 0 Å². The predicted molar refractivity (Wildman–Crippen MR) is 167 cm³/mol. The summed E-state index contributed by atoms with van der Waals surface area (Å²) in [6.45, 7) is 10.5. The highest BCUT2D eigenvalue weighted by atomic mass is 16.6. The molecule has 0 radical (unpaired) electrons. The van der Waals surface area contributed by atoms with Crippen LogP contribution in [0.15, 0.2) is 42.5 Å². The van der Waals surface area contributed by atoms with E-state index in [1.54, 1.807) is 4.90 Å². The number of carbonyl (C=O) groups excluding carboxylic acids is 2. The van der Waals surface area contributed by atoms with E-state index in [1.165, 1.54) is 7.11 Å². The van der Waals surface area contributed by atoms with Gasteiger partial charge in [-0.15, -0.1) is 0 Å². The zero-order valence-corrected chi connectivity index (χ0v) is 25.7. The normalized spacial score (nSPS) is 15.0. The van der Waals surface area contributed by atoms with Gasteiger partial charge in [0.05, 0.1) is 41.6 Å². The maximum atomic E-state index is 12.7. The van der Waals surface area contributed by atoms with E-state index in [0.717, 1.165) is 38.9 Å². The summed E-state index contributed by atoms with van der Waals surface area (Å²) >= 11 is 0. The van der Waals surface area contributed by atoms with Crippen molar-refractivity contribution in [2.45, 2.75) is 65.4 Å². The molecule has 224 valence electrons. The average Bonchev–Trinajstić information content (AvgIpc) is 3.31. The van der Waals surface area contributed by atoms with E-state index in [1.807, 2.05) is 71.0 Å². The number of nitrogens with two attached hydrogens (primary N) is 1. The average molecular weight is 582 g/mol. The Morgan fingerprint density at radius 2 is 1.81 bits per heavy atom. The van der Waals surface area contributed by atoms with Crippen LogP contribution in [0.4, 0.5) is 10.5 Å². The Bertz CT molecular complexity index is 1750. The number of benzene rings is 3. The fourth-order valence-corrected chi connectivity index (χ4v) is 6.25. The lowest BCUT2D eigenvalue weighted by molar-refractivity contribution is -0.144. The third-order valence-electron chi connectivity index (χ3n) is 8.23. The van der Waals surface area contributed by atoms with Gasteiger partial charge in [-0.1, -0.05) is 31.2 Å². The van der Waals surface area contributed by atoms with Crippen molar-refractivity contribution in [1.29, 1.82) is 5.26 Å². The van der Waals surface area contributed by atoms with Gasteiger partial charge >= 0.3 is 12.1 Å². The fraction of sp³-hybridized carbons (Fsp3) is 0.412. The Morgan fingerprint density at radius 1 is 1.14 bits per heavy atom. The number of fused-ring (bicyclic) bond motifs is 2. The molecule has 3 aromatic carbocycles. The molecule has 9 heteroatoms. The first-order chi connectivity index (χ1) is 20.4. The zero-order valence-electron chi connectivity index (χ0n) is 25.7. The largest absolute Gasteiger partial charge is 0.469 e. The smallest absolute Gasteiger partial charge is 0.410 e. The number of carbonyl (C=O) groups is 2. The first-order valence-electron chi connectivity index (χ1n) is 14.7. The Balaban J connectivity index is 1.62. The molecule has 0 bridgehead atoms. The molecule has 1 aromatic heterocycles. The number of esters is 1. The van der Waals surface area contributed by atoms with Crippen molar-refractivity contribution in [2.75, 3.05) is 25.9 Å². The third-order valence-corrected chi connectivity index (χ3v) is 8.23. The standard InChI is InChI=1S/C34H39N5O4/c1-20(32(40)42-6)17-24-18-28-31(30(36)29(24)22-13-15-38(16-14-22)33(41)43-34(3,4)5)37-21(2)39(28)27-12-11-23(19-35)25-9-7-8-10-26(25)27/h7-12,18,20,22H,13-17,36H2,1-6H3. The summed E-state index contributed by atoms with van der Waals surface area (Å²) in [6.07, 6.45) is 1.58. The number of methoxy groups -OCH3 is 1. The number of amides is 1. The number of nitrogens with zero attached hydrogens (tertiary/aromatic N) is 4. The SMILES string of the molecule is COC(=O)C(C)Cc1cc2c(nc(C)n2-c2ccc(C#N)c3ccccc23)c(N)c1C1CCN(C(=O)OC(C)(C)C)CC1. The first-order valence-corrected chi connectivity index (χ1v) is 14.7. The number of aromatic nitrogens is 2.